The maximum Gasteiger partial charge on any atom is -0.147 e. The second-order valence-electron chi connectivity index (χ2n) is 4.83. The van der Waals surface area contributed by atoms with Gasteiger partial charge in [-0.2, -0.15) is 0 Å². The zero-order valence-corrected chi connectivity index (χ0v) is 18.0. The van der Waals surface area contributed by atoms with Crippen molar-refractivity contribution in [3.05, 3.63) is 57.0 Å². The summed E-state index contributed by atoms with van der Waals surface area (Å²) in [6.07, 6.45) is 5.76. The molecule has 0 heterocycles. The van der Waals surface area contributed by atoms with Crippen LogP contribution in [0.25, 0.3) is 0 Å². The van der Waals surface area contributed by atoms with Crippen molar-refractivity contribution in [2.75, 3.05) is 14.1 Å². The molecule has 1 aromatic carbocycles. The molecule has 0 amide bonds. The van der Waals surface area contributed by atoms with Gasteiger partial charge >= 0.3 is 119 Å². The van der Waals surface area contributed by atoms with Gasteiger partial charge in [-0.05, 0) is 0 Å². The molecule has 1 aromatic rings. The van der Waals surface area contributed by atoms with E-state index in [1.165, 1.54) is 11.1 Å². The molecule has 2 rings (SSSR count). The van der Waals surface area contributed by atoms with Crippen LogP contribution in [-0.2, 0) is 29.9 Å². The Balaban J connectivity index is 0. The van der Waals surface area contributed by atoms with Crippen LogP contribution in [0.1, 0.15) is 18.9 Å². The van der Waals surface area contributed by atoms with Crippen molar-refractivity contribution < 1.29 is 24.4 Å². The van der Waals surface area contributed by atoms with Crippen molar-refractivity contribution in [2.45, 2.75) is 18.9 Å². The third-order valence-corrected chi connectivity index (χ3v) is 5.39. The monoisotopic (exact) mass is 500 g/mol. The third kappa shape index (κ3) is 4.20. The van der Waals surface area contributed by atoms with E-state index >= 15 is 0 Å². The van der Waals surface area contributed by atoms with Gasteiger partial charge in [0.1, 0.15) is 0 Å². The maximum absolute atomic E-state index is 2.32. The molecule has 0 N–H and O–H groups in total. The molecule has 0 spiro atoms. The van der Waals surface area contributed by atoms with E-state index in [9.17, 15) is 0 Å². The van der Waals surface area contributed by atoms with Crippen LogP contribution in [0.3, 0.4) is 0 Å². The minimum atomic E-state index is 0. The van der Waals surface area contributed by atoms with Gasteiger partial charge in [0.2, 0.25) is 0 Å². The predicted molar refractivity (Wildman–Crippen MR) is 90.0 cm³/mol. The molecule has 0 aromatic heterocycles. The molecular weight excluding hydrogens is 479 g/mol. The Morgan fingerprint density at radius 1 is 1.05 bits per heavy atom. The maximum atomic E-state index is 2.32. The van der Waals surface area contributed by atoms with Crippen LogP contribution in [0.2, 0.25) is 0 Å². The molecule has 0 saturated heterocycles. The number of likely N-dealkylation sites (N-methyl/N-ethyl adjacent to an activating group) is 1. The van der Waals surface area contributed by atoms with Crippen LogP contribution in [0.15, 0.2) is 51.4 Å². The molecular formula is C15H21Cl3HfN. The Labute approximate surface area is 155 Å². The number of hydrogen-bond acceptors (Lipinski definition) is 1. The third-order valence-electron chi connectivity index (χ3n) is 3.69. The summed E-state index contributed by atoms with van der Waals surface area (Å²) < 4.78 is 1.62. The summed E-state index contributed by atoms with van der Waals surface area (Å²) in [6, 6.07) is 10.8. The topological polar surface area (TPSA) is 3.24 Å². The first kappa shape index (κ1) is 22.7. The van der Waals surface area contributed by atoms with Crippen LogP contribution in [0.4, 0.5) is 0 Å². The standard InChI is InChI=1S/C15H18N.3ClH.Hf/c1-15(16(2)3,14-11-7-8-12-14)13-9-5-4-6-10-13;;;;/h4-7,9-11H,8H2,1-3H3;3*1H;. The van der Waals surface area contributed by atoms with Crippen molar-refractivity contribution in [1.29, 1.82) is 0 Å². The van der Waals surface area contributed by atoms with Gasteiger partial charge in [0.15, 0.2) is 0 Å². The second-order valence-corrected chi connectivity index (χ2v) is 7.00. The summed E-state index contributed by atoms with van der Waals surface area (Å²) in [4.78, 5) is 2.32. The van der Waals surface area contributed by atoms with Gasteiger partial charge in [0, 0.05) is 0 Å². The van der Waals surface area contributed by atoms with E-state index in [2.05, 4.69) is 68.4 Å². The summed E-state index contributed by atoms with van der Waals surface area (Å²) in [5.74, 6) is 0. The van der Waals surface area contributed by atoms with E-state index in [1.807, 2.05) is 0 Å². The molecule has 1 aliphatic carbocycles. The van der Waals surface area contributed by atoms with Gasteiger partial charge in [0.25, 0.3) is 0 Å². The molecule has 111 valence electrons. The van der Waals surface area contributed by atoms with Crippen molar-refractivity contribution in [3.8, 4) is 0 Å². The van der Waals surface area contributed by atoms with Crippen LogP contribution in [-0.4, -0.2) is 19.0 Å². The minimum absolute atomic E-state index is 0. The molecule has 5 heteroatoms. The number of halogens is 3. The SMILES string of the molecule is CN(C)C(C)(C1=[C]([Hf])CC=C1)c1ccccc1.Cl.Cl.Cl. The molecule has 0 aliphatic heterocycles. The van der Waals surface area contributed by atoms with Crippen molar-refractivity contribution >= 4 is 37.2 Å². The summed E-state index contributed by atoms with van der Waals surface area (Å²) in [7, 11) is 4.34. The molecule has 1 nitrogen and oxygen atoms in total. The Morgan fingerprint density at radius 3 is 2.00 bits per heavy atom. The normalized spacial score (nSPS) is 15.9. The average molecular weight is 500 g/mol. The fraction of sp³-hybridized carbons (Fsp3) is 0.333. The molecule has 0 bridgehead atoms. The summed E-state index contributed by atoms with van der Waals surface area (Å²) in [6.45, 7) is 2.32. The molecule has 1 unspecified atom stereocenters. The molecule has 0 radical (unpaired) electrons. The number of allylic oxidation sites excluding steroid dienone is 2. The smallest absolute Gasteiger partial charge is 0.147 e. The Bertz CT molecular complexity index is 471. The van der Waals surface area contributed by atoms with Crippen LogP contribution in [0, 0.1) is 0 Å². The van der Waals surface area contributed by atoms with Crippen molar-refractivity contribution in [3.63, 3.8) is 0 Å². The van der Waals surface area contributed by atoms with Gasteiger partial charge in [-0.25, -0.2) is 0 Å². The number of benzene rings is 1. The van der Waals surface area contributed by atoms with E-state index in [-0.39, 0.29) is 42.8 Å². The quantitative estimate of drug-likeness (QED) is 0.554. The first-order chi connectivity index (χ1) is 8.06. The largest absolute Gasteiger partial charge is 0.147 e. The second kappa shape index (κ2) is 9.42. The minimum Gasteiger partial charge on any atom is -0.147 e. The van der Waals surface area contributed by atoms with Crippen LogP contribution < -0.4 is 0 Å². The zero-order chi connectivity index (χ0) is 12.5. The number of nitrogens with zero attached hydrogens (tertiary/aromatic N) is 1. The van der Waals surface area contributed by atoms with E-state index in [0.29, 0.717) is 0 Å². The van der Waals surface area contributed by atoms with E-state index in [1.54, 1.807) is 3.33 Å². The molecule has 1 aliphatic rings. The van der Waals surface area contributed by atoms with E-state index < -0.39 is 0 Å². The first-order valence-electron chi connectivity index (χ1n) is 5.91. The predicted octanol–water partition coefficient (Wildman–Crippen LogP) is 4.49. The van der Waals surface area contributed by atoms with Gasteiger partial charge in [-0.1, -0.05) is 0 Å². The molecule has 1 atom stereocenters. The number of hydrogen-bond donors (Lipinski definition) is 0. The molecule has 0 saturated carbocycles. The molecule has 0 fully saturated rings. The van der Waals surface area contributed by atoms with Gasteiger partial charge in [-0.15, -0.1) is 37.2 Å². The summed E-state index contributed by atoms with van der Waals surface area (Å²) in [5, 5.41) is 0. The Hall–Kier alpha value is 0.400. The summed E-state index contributed by atoms with van der Waals surface area (Å²) >= 11 is 1.15. The Kier molecular flexibility index (Phi) is 10.7. The van der Waals surface area contributed by atoms with Crippen molar-refractivity contribution in [2.24, 2.45) is 0 Å². The zero-order valence-electron chi connectivity index (χ0n) is 11.9. The van der Waals surface area contributed by atoms with E-state index in [4.69, 9.17) is 0 Å². The summed E-state index contributed by atoms with van der Waals surface area (Å²) in [5.41, 5.74) is 2.88. The van der Waals surface area contributed by atoms with Crippen molar-refractivity contribution in [1.82, 2.24) is 4.90 Å². The Morgan fingerprint density at radius 2 is 1.60 bits per heavy atom. The first-order valence-corrected chi connectivity index (χ1v) is 7.71. The fourth-order valence-corrected chi connectivity index (χ4v) is 3.98. The average Bonchev–Trinajstić information content (AvgIpc) is 2.76. The van der Waals surface area contributed by atoms with Crippen LogP contribution >= 0.6 is 37.2 Å². The number of rotatable bonds is 3. The van der Waals surface area contributed by atoms with Gasteiger partial charge in [0.05, 0.1) is 0 Å². The van der Waals surface area contributed by atoms with E-state index in [0.717, 1.165) is 30.8 Å². The van der Waals surface area contributed by atoms with Gasteiger partial charge < -0.3 is 0 Å². The molecule has 20 heavy (non-hydrogen) atoms. The van der Waals surface area contributed by atoms with Crippen LogP contribution in [0.5, 0.6) is 0 Å². The fourth-order valence-electron chi connectivity index (χ4n) is 2.38. The van der Waals surface area contributed by atoms with Gasteiger partial charge in [-0.3, -0.25) is 0 Å².